The first-order valence-corrected chi connectivity index (χ1v) is 9.00. The summed E-state index contributed by atoms with van der Waals surface area (Å²) in [7, 11) is 1.53. The second kappa shape index (κ2) is 7.54. The van der Waals surface area contributed by atoms with Crippen LogP contribution in [0.25, 0.3) is 6.08 Å². The lowest BCUT2D eigenvalue weighted by Gasteiger charge is -2.26. The molecule has 0 bridgehead atoms. The maximum absolute atomic E-state index is 12.9. The zero-order valence-electron chi connectivity index (χ0n) is 14.4. The van der Waals surface area contributed by atoms with E-state index >= 15 is 0 Å². The number of aryl methyl sites for hydroxylation is 1. The number of carbonyl (C=O) groups excluding carboxylic acids is 3. The van der Waals surface area contributed by atoms with Gasteiger partial charge in [0.1, 0.15) is 11.3 Å². The molecular formula is C19H14BrClN2O4. The number of hydrogen-bond acceptors (Lipinski definition) is 4. The summed E-state index contributed by atoms with van der Waals surface area (Å²) in [5, 5.41) is 2.59. The van der Waals surface area contributed by atoms with E-state index in [1.165, 1.54) is 19.3 Å². The fourth-order valence-corrected chi connectivity index (χ4v) is 3.29. The van der Waals surface area contributed by atoms with Crippen LogP contribution in [-0.4, -0.2) is 25.0 Å². The van der Waals surface area contributed by atoms with Crippen LogP contribution >= 0.6 is 27.5 Å². The fraction of sp³-hybridized carbons (Fsp3) is 0.105. The molecule has 0 spiro atoms. The number of ether oxygens (including phenoxy) is 1. The van der Waals surface area contributed by atoms with Gasteiger partial charge in [0.25, 0.3) is 11.8 Å². The molecule has 0 aliphatic carbocycles. The summed E-state index contributed by atoms with van der Waals surface area (Å²) in [5.74, 6) is -0.871. The first kappa shape index (κ1) is 19.1. The molecule has 4 amide bonds. The van der Waals surface area contributed by atoms with Crippen LogP contribution in [0.4, 0.5) is 10.5 Å². The molecule has 1 aliphatic heterocycles. The van der Waals surface area contributed by atoms with E-state index in [9.17, 15) is 14.4 Å². The average molecular weight is 450 g/mol. The van der Waals surface area contributed by atoms with E-state index in [0.717, 1.165) is 10.5 Å². The SMILES string of the molecule is COc1ccc(/C=C2/C(=O)NC(=O)N(c3ccc(C)c(Cl)c3)C2=O)cc1Br. The first-order chi connectivity index (χ1) is 12.8. The molecule has 2 aromatic carbocycles. The summed E-state index contributed by atoms with van der Waals surface area (Å²) in [6, 6.07) is 9.07. The predicted molar refractivity (Wildman–Crippen MR) is 106 cm³/mol. The number of imide groups is 2. The lowest BCUT2D eigenvalue weighted by Crippen LogP contribution is -2.54. The molecule has 0 saturated carbocycles. The summed E-state index contributed by atoms with van der Waals surface area (Å²) >= 11 is 9.46. The minimum absolute atomic E-state index is 0.164. The summed E-state index contributed by atoms with van der Waals surface area (Å²) < 4.78 is 5.83. The van der Waals surface area contributed by atoms with E-state index in [1.54, 1.807) is 37.3 Å². The van der Waals surface area contributed by atoms with Crippen LogP contribution in [0.3, 0.4) is 0 Å². The second-order valence-electron chi connectivity index (χ2n) is 5.79. The summed E-state index contributed by atoms with van der Waals surface area (Å²) in [6.07, 6.45) is 1.41. The maximum atomic E-state index is 12.9. The Balaban J connectivity index is 2.01. The number of rotatable bonds is 3. The Bertz CT molecular complexity index is 1000. The number of nitrogens with zero attached hydrogens (tertiary/aromatic N) is 1. The molecule has 1 aliphatic rings. The van der Waals surface area contributed by atoms with E-state index in [4.69, 9.17) is 16.3 Å². The molecule has 6 nitrogen and oxygen atoms in total. The molecule has 3 rings (SSSR count). The number of amides is 4. The van der Waals surface area contributed by atoms with Crippen molar-refractivity contribution in [2.75, 3.05) is 12.0 Å². The van der Waals surface area contributed by atoms with Crippen molar-refractivity contribution in [2.45, 2.75) is 6.92 Å². The van der Waals surface area contributed by atoms with Crippen molar-refractivity contribution in [3.05, 3.63) is 62.6 Å². The highest BCUT2D eigenvalue weighted by atomic mass is 79.9. The smallest absolute Gasteiger partial charge is 0.335 e. The minimum atomic E-state index is -0.821. The standard InChI is InChI=1S/C19H14BrClN2O4/c1-10-3-5-12(9-15(10)21)23-18(25)13(17(24)22-19(23)26)7-11-4-6-16(27-2)14(20)8-11/h3-9H,1-2H3,(H,22,24,26)/b13-7-. The van der Waals surface area contributed by atoms with Crippen LogP contribution in [-0.2, 0) is 9.59 Å². The number of urea groups is 1. The van der Waals surface area contributed by atoms with Crippen LogP contribution in [0.2, 0.25) is 5.02 Å². The minimum Gasteiger partial charge on any atom is -0.496 e. The molecule has 1 heterocycles. The van der Waals surface area contributed by atoms with E-state index in [-0.39, 0.29) is 11.3 Å². The van der Waals surface area contributed by atoms with Crippen molar-refractivity contribution < 1.29 is 19.1 Å². The quantitative estimate of drug-likeness (QED) is 0.566. The highest BCUT2D eigenvalue weighted by Gasteiger charge is 2.36. The molecule has 0 atom stereocenters. The number of benzene rings is 2. The summed E-state index contributed by atoms with van der Waals surface area (Å²) in [4.78, 5) is 38.2. The van der Waals surface area contributed by atoms with Crippen molar-refractivity contribution in [3.63, 3.8) is 0 Å². The van der Waals surface area contributed by atoms with Crippen LogP contribution in [0.5, 0.6) is 5.75 Å². The molecule has 2 aromatic rings. The van der Waals surface area contributed by atoms with Crippen LogP contribution in [0.15, 0.2) is 46.4 Å². The average Bonchev–Trinajstić information content (AvgIpc) is 2.61. The lowest BCUT2D eigenvalue weighted by molar-refractivity contribution is -0.122. The molecule has 27 heavy (non-hydrogen) atoms. The number of hydrogen-bond donors (Lipinski definition) is 1. The number of nitrogens with one attached hydrogen (secondary N) is 1. The van der Waals surface area contributed by atoms with Gasteiger partial charge in [-0.25, -0.2) is 9.69 Å². The number of carbonyl (C=O) groups is 3. The van der Waals surface area contributed by atoms with Gasteiger partial charge in [-0.2, -0.15) is 0 Å². The Kier molecular flexibility index (Phi) is 5.34. The topological polar surface area (TPSA) is 75.7 Å². The third kappa shape index (κ3) is 3.74. The Morgan fingerprint density at radius 2 is 1.89 bits per heavy atom. The number of methoxy groups -OCH3 is 1. The van der Waals surface area contributed by atoms with Crippen molar-refractivity contribution in [2.24, 2.45) is 0 Å². The maximum Gasteiger partial charge on any atom is 0.335 e. The van der Waals surface area contributed by atoms with Gasteiger partial charge < -0.3 is 4.74 Å². The van der Waals surface area contributed by atoms with E-state index in [2.05, 4.69) is 21.2 Å². The summed E-state index contributed by atoms with van der Waals surface area (Å²) in [5.41, 5.74) is 1.52. The fourth-order valence-electron chi connectivity index (χ4n) is 2.55. The zero-order chi connectivity index (χ0) is 19.7. The molecule has 0 radical (unpaired) electrons. The van der Waals surface area contributed by atoms with Crippen LogP contribution in [0.1, 0.15) is 11.1 Å². The van der Waals surface area contributed by atoms with Gasteiger partial charge >= 0.3 is 6.03 Å². The van der Waals surface area contributed by atoms with Gasteiger partial charge in [-0.15, -0.1) is 0 Å². The molecule has 1 fully saturated rings. The molecule has 0 aromatic heterocycles. The molecule has 8 heteroatoms. The Morgan fingerprint density at radius 3 is 2.52 bits per heavy atom. The first-order valence-electron chi connectivity index (χ1n) is 7.83. The second-order valence-corrected chi connectivity index (χ2v) is 7.05. The molecular weight excluding hydrogens is 436 g/mol. The van der Waals surface area contributed by atoms with Gasteiger partial charge in [-0.3, -0.25) is 14.9 Å². The monoisotopic (exact) mass is 448 g/mol. The molecule has 1 saturated heterocycles. The zero-order valence-corrected chi connectivity index (χ0v) is 16.7. The van der Waals surface area contributed by atoms with Crippen molar-refractivity contribution in [1.29, 1.82) is 0 Å². The molecule has 0 unspecified atom stereocenters. The van der Waals surface area contributed by atoms with Crippen molar-refractivity contribution in [1.82, 2.24) is 5.32 Å². The number of barbiturate groups is 1. The van der Waals surface area contributed by atoms with Crippen LogP contribution in [0, 0.1) is 6.92 Å². The Hall–Kier alpha value is -2.64. The largest absolute Gasteiger partial charge is 0.496 e. The van der Waals surface area contributed by atoms with Gasteiger partial charge in [0.2, 0.25) is 0 Å². The predicted octanol–water partition coefficient (Wildman–Crippen LogP) is 4.09. The third-order valence-corrected chi connectivity index (χ3v) is 5.03. The van der Waals surface area contributed by atoms with Crippen molar-refractivity contribution >= 4 is 57.1 Å². The number of halogens is 2. The van der Waals surface area contributed by atoms with Crippen LogP contribution < -0.4 is 15.0 Å². The Morgan fingerprint density at radius 1 is 1.15 bits per heavy atom. The van der Waals surface area contributed by atoms with E-state index < -0.39 is 17.8 Å². The van der Waals surface area contributed by atoms with E-state index in [1.807, 2.05) is 0 Å². The van der Waals surface area contributed by atoms with Gasteiger partial charge in [-0.05, 0) is 64.3 Å². The highest BCUT2D eigenvalue weighted by molar-refractivity contribution is 9.10. The summed E-state index contributed by atoms with van der Waals surface area (Å²) in [6.45, 7) is 1.81. The highest BCUT2D eigenvalue weighted by Crippen LogP contribution is 2.29. The molecule has 1 N–H and O–H groups in total. The van der Waals surface area contributed by atoms with Gasteiger partial charge in [0.15, 0.2) is 0 Å². The van der Waals surface area contributed by atoms with Gasteiger partial charge in [0, 0.05) is 5.02 Å². The molecule has 138 valence electrons. The third-order valence-electron chi connectivity index (χ3n) is 4.00. The normalized spacial score (nSPS) is 15.9. The van der Waals surface area contributed by atoms with Gasteiger partial charge in [-0.1, -0.05) is 23.7 Å². The van der Waals surface area contributed by atoms with E-state index in [0.29, 0.717) is 20.8 Å². The lowest BCUT2D eigenvalue weighted by atomic mass is 10.1. The Labute approximate surface area is 168 Å². The van der Waals surface area contributed by atoms with Crippen molar-refractivity contribution in [3.8, 4) is 5.75 Å². The number of anilines is 1. The van der Waals surface area contributed by atoms with Gasteiger partial charge in [0.05, 0.1) is 17.3 Å².